The Bertz CT molecular complexity index is 516. The lowest BCUT2D eigenvalue weighted by atomic mass is 10.2. The standard InChI is InChI=1S/C10H9ClN2O/c1-13-8-4-2-3-7(11)6(8)5-9(13)10(12)14/h2-5H,1H3,(H2,12,14). The van der Waals surface area contributed by atoms with Crippen LogP contribution in [0.5, 0.6) is 0 Å². The van der Waals surface area contributed by atoms with Crippen molar-refractivity contribution < 1.29 is 4.79 Å². The molecule has 72 valence electrons. The van der Waals surface area contributed by atoms with Gasteiger partial charge in [-0.3, -0.25) is 4.79 Å². The van der Waals surface area contributed by atoms with Crippen molar-refractivity contribution in [3.63, 3.8) is 0 Å². The molecule has 1 aromatic carbocycles. The van der Waals surface area contributed by atoms with Gasteiger partial charge in [-0.05, 0) is 18.2 Å². The molecule has 0 atom stereocenters. The molecule has 0 saturated carbocycles. The van der Waals surface area contributed by atoms with Gasteiger partial charge in [0.15, 0.2) is 0 Å². The lowest BCUT2D eigenvalue weighted by Gasteiger charge is -1.99. The van der Waals surface area contributed by atoms with Crippen molar-refractivity contribution in [2.75, 3.05) is 0 Å². The van der Waals surface area contributed by atoms with E-state index in [9.17, 15) is 4.79 Å². The van der Waals surface area contributed by atoms with Crippen molar-refractivity contribution in [2.24, 2.45) is 12.8 Å². The predicted octanol–water partition coefficient (Wildman–Crippen LogP) is 1.93. The molecule has 0 spiro atoms. The highest BCUT2D eigenvalue weighted by molar-refractivity contribution is 6.35. The highest BCUT2D eigenvalue weighted by Crippen LogP contribution is 2.25. The molecule has 0 aliphatic carbocycles. The summed E-state index contributed by atoms with van der Waals surface area (Å²) in [6.45, 7) is 0. The van der Waals surface area contributed by atoms with E-state index in [4.69, 9.17) is 17.3 Å². The number of halogens is 1. The number of hydrogen-bond acceptors (Lipinski definition) is 1. The summed E-state index contributed by atoms with van der Waals surface area (Å²) in [7, 11) is 1.79. The molecule has 14 heavy (non-hydrogen) atoms. The van der Waals surface area contributed by atoms with Gasteiger partial charge in [0.2, 0.25) is 0 Å². The molecule has 0 unspecified atom stereocenters. The minimum Gasteiger partial charge on any atom is -0.364 e. The average Bonchev–Trinajstić information content (AvgIpc) is 2.46. The van der Waals surface area contributed by atoms with E-state index < -0.39 is 5.91 Å². The number of fused-ring (bicyclic) bond motifs is 1. The van der Waals surface area contributed by atoms with Gasteiger partial charge in [0.1, 0.15) is 5.69 Å². The molecule has 0 bridgehead atoms. The molecule has 2 rings (SSSR count). The van der Waals surface area contributed by atoms with Crippen LogP contribution in [0.3, 0.4) is 0 Å². The Kier molecular flexibility index (Phi) is 1.97. The Morgan fingerprint density at radius 1 is 1.50 bits per heavy atom. The topological polar surface area (TPSA) is 48.0 Å². The maximum absolute atomic E-state index is 11.1. The van der Waals surface area contributed by atoms with Gasteiger partial charge in [-0.15, -0.1) is 0 Å². The van der Waals surface area contributed by atoms with E-state index in [0.717, 1.165) is 10.9 Å². The van der Waals surface area contributed by atoms with Crippen LogP contribution in [-0.2, 0) is 7.05 Å². The molecule has 0 aliphatic heterocycles. The van der Waals surface area contributed by atoms with Gasteiger partial charge in [0.25, 0.3) is 5.91 Å². The quantitative estimate of drug-likeness (QED) is 0.765. The number of rotatable bonds is 1. The Labute approximate surface area is 86.1 Å². The number of benzene rings is 1. The number of primary amides is 1. The molecule has 0 fully saturated rings. The van der Waals surface area contributed by atoms with Crippen LogP contribution in [0.15, 0.2) is 24.3 Å². The first-order chi connectivity index (χ1) is 6.61. The van der Waals surface area contributed by atoms with Gasteiger partial charge in [-0.2, -0.15) is 0 Å². The summed E-state index contributed by atoms with van der Waals surface area (Å²) < 4.78 is 1.74. The van der Waals surface area contributed by atoms with Crippen LogP contribution in [0.4, 0.5) is 0 Å². The minimum atomic E-state index is -0.445. The summed E-state index contributed by atoms with van der Waals surface area (Å²) in [5.74, 6) is -0.445. The fourth-order valence-corrected chi connectivity index (χ4v) is 1.78. The number of nitrogens with zero attached hydrogens (tertiary/aromatic N) is 1. The average molecular weight is 209 g/mol. The molecular formula is C10H9ClN2O. The second-order valence-corrected chi connectivity index (χ2v) is 3.53. The van der Waals surface area contributed by atoms with Crippen LogP contribution in [0.25, 0.3) is 10.9 Å². The second kappa shape index (κ2) is 3.03. The zero-order chi connectivity index (χ0) is 10.3. The van der Waals surface area contributed by atoms with Crippen molar-refractivity contribution in [3.8, 4) is 0 Å². The predicted molar refractivity (Wildman–Crippen MR) is 56.4 cm³/mol. The first-order valence-corrected chi connectivity index (χ1v) is 4.53. The molecule has 3 nitrogen and oxygen atoms in total. The number of hydrogen-bond donors (Lipinski definition) is 1. The van der Waals surface area contributed by atoms with Gasteiger partial charge in [-0.25, -0.2) is 0 Å². The van der Waals surface area contributed by atoms with Crippen molar-refractivity contribution in [3.05, 3.63) is 35.0 Å². The lowest BCUT2D eigenvalue weighted by Crippen LogP contribution is -2.14. The van der Waals surface area contributed by atoms with E-state index in [0.29, 0.717) is 10.7 Å². The summed E-state index contributed by atoms with van der Waals surface area (Å²) in [4.78, 5) is 11.1. The molecule has 1 aromatic heterocycles. The third-order valence-electron chi connectivity index (χ3n) is 2.29. The SMILES string of the molecule is Cn1c(C(N)=O)cc2c(Cl)cccc21. The highest BCUT2D eigenvalue weighted by atomic mass is 35.5. The summed E-state index contributed by atoms with van der Waals surface area (Å²) in [6.07, 6.45) is 0. The van der Waals surface area contributed by atoms with Crippen LogP contribution in [0.1, 0.15) is 10.5 Å². The van der Waals surface area contributed by atoms with Gasteiger partial charge in [0.05, 0.1) is 0 Å². The number of nitrogens with two attached hydrogens (primary N) is 1. The second-order valence-electron chi connectivity index (χ2n) is 3.13. The summed E-state index contributed by atoms with van der Waals surface area (Å²) in [6, 6.07) is 7.23. The zero-order valence-electron chi connectivity index (χ0n) is 7.62. The number of carbonyl (C=O) groups is 1. The summed E-state index contributed by atoms with van der Waals surface area (Å²) in [5, 5.41) is 1.48. The smallest absolute Gasteiger partial charge is 0.265 e. The van der Waals surface area contributed by atoms with Gasteiger partial charge in [-0.1, -0.05) is 17.7 Å². The molecule has 2 aromatic rings. The van der Waals surface area contributed by atoms with Crippen LogP contribution >= 0.6 is 11.6 Å². The van der Waals surface area contributed by atoms with Crippen LogP contribution < -0.4 is 5.73 Å². The van der Waals surface area contributed by atoms with Crippen LogP contribution in [-0.4, -0.2) is 10.5 Å². The van der Waals surface area contributed by atoms with Gasteiger partial charge in [0, 0.05) is 23.0 Å². The summed E-state index contributed by atoms with van der Waals surface area (Å²) in [5.41, 5.74) is 6.60. The zero-order valence-corrected chi connectivity index (χ0v) is 8.38. The molecule has 0 aliphatic rings. The largest absolute Gasteiger partial charge is 0.364 e. The Morgan fingerprint density at radius 2 is 2.21 bits per heavy atom. The van der Waals surface area contributed by atoms with Gasteiger partial charge >= 0.3 is 0 Å². The first kappa shape index (κ1) is 9.09. The number of aromatic nitrogens is 1. The normalized spacial score (nSPS) is 10.7. The van der Waals surface area contributed by atoms with Crippen molar-refractivity contribution >= 4 is 28.4 Å². The van der Waals surface area contributed by atoms with E-state index in [2.05, 4.69) is 0 Å². The molecule has 0 saturated heterocycles. The van der Waals surface area contributed by atoms with Crippen molar-refractivity contribution in [1.29, 1.82) is 0 Å². The molecule has 0 radical (unpaired) electrons. The fraction of sp³-hybridized carbons (Fsp3) is 0.100. The molecule has 2 N–H and O–H groups in total. The van der Waals surface area contributed by atoms with E-state index >= 15 is 0 Å². The third kappa shape index (κ3) is 1.17. The highest BCUT2D eigenvalue weighted by Gasteiger charge is 2.11. The number of amides is 1. The molecule has 1 amide bonds. The van der Waals surface area contributed by atoms with Crippen LogP contribution in [0.2, 0.25) is 5.02 Å². The molecule has 1 heterocycles. The minimum absolute atomic E-state index is 0.445. The van der Waals surface area contributed by atoms with Crippen LogP contribution in [0, 0.1) is 0 Å². The molecular weight excluding hydrogens is 200 g/mol. The van der Waals surface area contributed by atoms with E-state index in [1.165, 1.54) is 0 Å². The first-order valence-electron chi connectivity index (χ1n) is 4.15. The summed E-state index contributed by atoms with van der Waals surface area (Å²) >= 11 is 5.98. The lowest BCUT2D eigenvalue weighted by molar-refractivity contribution is 0.0993. The number of aryl methyl sites for hydroxylation is 1. The maximum Gasteiger partial charge on any atom is 0.265 e. The van der Waals surface area contributed by atoms with E-state index in [-0.39, 0.29) is 0 Å². The van der Waals surface area contributed by atoms with Gasteiger partial charge < -0.3 is 10.3 Å². The van der Waals surface area contributed by atoms with Crippen molar-refractivity contribution in [1.82, 2.24) is 4.57 Å². The Balaban J connectivity index is 2.86. The number of carbonyl (C=O) groups excluding carboxylic acids is 1. The van der Waals surface area contributed by atoms with E-state index in [1.54, 1.807) is 23.7 Å². The third-order valence-corrected chi connectivity index (χ3v) is 2.62. The Morgan fingerprint density at radius 3 is 2.79 bits per heavy atom. The maximum atomic E-state index is 11.1. The monoisotopic (exact) mass is 208 g/mol. The van der Waals surface area contributed by atoms with Crippen molar-refractivity contribution in [2.45, 2.75) is 0 Å². The molecule has 4 heteroatoms. The van der Waals surface area contributed by atoms with E-state index in [1.807, 2.05) is 12.1 Å². The Hall–Kier alpha value is -1.48. The fourth-order valence-electron chi connectivity index (χ4n) is 1.56.